The molecule has 0 atom stereocenters. The first kappa shape index (κ1) is 24.1. The zero-order chi connectivity index (χ0) is 21.5. The van der Waals surface area contributed by atoms with E-state index in [4.69, 9.17) is 9.84 Å². The van der Waals surface area contributed by atoms with Gasteiger partial charge in [0.15, 0.2) is 0 Å². The minimum atomic E-state index is -4.50. The minimum absolute atomic E-state index is 0.0891. The molecule has 1 aliphatic carbocycles. The van der Waals surface area contributed by atoms with Crippen molar-refractivity contribution in [2.45, 2.75) is 55.3 Å². The number of nitrogens with one attached hydrogen (secondary N) is 1. The first-order chi connectivity index (χ1) is 13.7. The maximum atomic E-state index is 12.8. The molecule has 1 aromatic carbocycles. The highest BCUT2D eigenvalue weighted by Gasteiger charge is 2.34. The van der Waals surface area contributed by atoms with E-state index >= 15 is 0 Å². The fourth-order valence-corrected chi connectivity index (χ4v) is 4.82. The van der Waals surface area contributed by atoms with Crippen LogP contribution in [0.15, 0.2) is 29.2 Å². The molecule has 10 heteroatoms. The van der Waals surface area contributed by atoms with Crippen LogP contribution in [0.1, 0.15) is 37.7 Å². The smallest absolute Gasteiger partial charge is 0.395 e. The van der Waals surface area contributed by atoms with Gasteiger partial charge in [-0.05, 0) is 62.9 Å². The second-order valence-corrected chi connectivity index (χ2v) is 9.17. The van der Waals surface area contributed by atoms with Gasteiger partial charge >= 0.3 is 6.18 Å². The third-order valence-corrected chi connectivity index (χ3v) is 7.08. The van der Waals surface area contributed by atoms with Crippen LogP contribution in [0, 0.1) is 0 Å². The summed E-state index contributed by atoms with van der Waals surface area (Å²) in [6.07, 6.45) is -0.813. The topological polar surface area (TPSA) is 78.9 Å². The van der Waals surface area contributed by atoms with Crippen molar-refractivity contribution in [3.63, 3.8) is 0 Å². The van der Waals surface area contributed by atoms with Gasteiger partial charge in [0.1, 0.15) is 0 Å². The molecule has 0 aromatic heterocycles. The van der Waals surface area contributed by atoms with Crippen molar-refractivity contribution < 1.29 is 31.4 Å². The van der Waals surface area contributed by atoms with Crippen molar-refractivity contribution in [2.24, 2.45) is 0 Å². The van der Waals surface area contributed by atoms with Gasteiger partial charge in [0.2, 0.25) is 10.0 Å². The Kier molecular flexibility index (Phi) is 8.90. The highest BCUT2D eigenvalue weighted by molar-refractivity contribution is 7.89. The molecule has 1 fully saturated rings. The molecular formula is C19H29F3N2O4S. The summed E-state index contributed by atoms with van der Waals surface area (Å²) >= 11 is 0. The van der Waals surface area contributed by atoms with Gasteiger partial charge in [-0.25, -0.2) is 8.42 Å². The predicted molar refractivity (Wildman–Crippen MR) is 103 cm³/mol. The zero-order valence-electron chi connectivity index (χ0n) is 16.5. The summed E-state index contributed by atoms with van der Waals surface area (Å²) in [6, 6.07) is 3.40. The van der Waals surface area contributed by atoms with Crippen LogP contribution < -0.4 is 5.32 Å². The molecule has 2 rings (SSSR count). The van der Waals surface area contributed by atoms with E-state index in [-0.39, 0.29) is 23.6 Å². The lowest BCUT2D eigenvalue weighted by molar-refractivity contribution is -0.137. The number of sulfonamides is 1. The standard InChI is InChI=1S/C19H29F3N2O4S/c1-24(29(26,27)18-9-3-15(4-10-18)19(20,21)22)16-5-7-17(8-6-16)28-14-2-11-23-12-13-25/h3-4,9-10,16-17,23,25H,2,5-8,11-14H2,1H3. The van der Waals surface area contributed by atoms with E-state index in [9.17, 15) is 21.6 Å². The van der Waals surface area contributed by atoms with Crippen LogP contribution in [-0.4, -0.2) is 63.3 Å². The van der Waals surface area contributed by atoms with Crippen LogP contribution in [-0.2, 0) is 20.9 Å². The second-order valence-electron chi connectivity index (χ2n) is 7.17. The summed E-state index contributed by atoms with van der Waals surface area (Å²) in [5, 5.41) is 11.8. The number of ether oxygens (including phenoxy) is 1. The van der Waals surface area contributed by atoms with E-state index in [1.807, 2.05) is 0 Å². The fraction of sp³-hybridized carbons (Fsp3) is 0.684. The average Bonchev–Trinajstić information content (AvgIpc) is 2.70. The Morgan fingerprint density at radius 2 is 1.76 bits per heavy atom. The van der Waals surface area contributed by atoms with Crippen LogP contribution in [0.5, 0.6) is 0 Å². The van der Waals surface area contributed by atoms with Crippen LogP contribution >= 0.6 is 0 Å². The molecule has 0 heterocycles. The number of rotatable bonds is 10. The summed E-state index contributed by atoms with van der Waals surface area (Å²) in [4.78, 5) is -0.137. The summed E-state index contributed by atoms with van der Waals surface area (Å²) in [6.45, 7) is 2.04. The number of alkyl halides is 3. The Bertz CT molecular complexity index is 718. The van der Waals surface area contributed by atoms with Crippen LogP contribution in [0.25, 0.3) is 0 Å². The van der Waals surface area contributed by atoms with Crippen LogP contribution in [0.4, 0.5) is 13.2 Å². The van der Waals surface area contributed by atoms with E-state index in [2.05, 4.69) is 5.32 Å². The average molecular weight is 439 g/mol. The maximum absolute atomic E-state index is 12.8. The van der Waals surface area contributed by atoms with Gasteiger partial charge in [-0.3, -0.25) is 0 Å². The Labute approximate surface area is 170 Å². The van der Waals surface area contributed by atoms with Gasteiger partial charge < -0.3 is 15.2 Å². The van der Waals surface area contributed by atoms with Gasteiger partial charge in [0, 0.05) is 26.2 Å². The Morgan fingerprint density at radius 3 is 2.31 bits per heavy atom. The highest BCUT2D eigenvalue weighted by atomic mass is 32.2. The lowest BCUT2D eigenvalue weighted by atomic mass is 9.93. The van der Waals surface area contributed by atoms with Crippen molar-refractivity contribution in [3.05, 3.63) is 29.8 Å². The van der Waals surface area contributed by atoms with E-state index in [1.54, 1.807) is 0 Å². The van der Waals surface area contributed by atoms with Crippen LogP contribution in [0.2, 0.25) is 0 Å². The minimum Gasteiger partial charge on any atom is -0.395 e. The van der Waals surface area contributed by atoms with Crippen molar-refractivity contribution >= 4 is 10.0 Å². The summed E-state index contributed by atoms with van der Waals surface area (Å²) in [5.74, 6) is 0. The number of aliphatic hydroxyl groups is 1. The van der Waals surface area contributed by atoms with E-state index < -0.39 is 21.8 Å². The molecule has 0 unspecified atom stereocenters. The van der Waals surface area contributed by atoms with E-state index in [0.717, 1.165) is 50.1 Å². The summed E-state index contributed by atoms with van der Waals surface area (Å²) < 4.78 is 70.7. The molecule has 0 amide bonds. The molecule has 2 N–H and O–H groups in total. The van der Waals surface area contributed by atoms with Gasteiger partial charge in [0.25, 0.3) is 0 Å². The molecule has 1 saturated carbocycles. The van der Waals surface area contributed by atoms with Gasteiger partial charge in [0.05, 0.1) is 23.2 Å². The monoisotopic (exact) mass is 438 g/mol. The number of halogens is 3. The van der Waals surface area contributed by atoms with Gasteiger partial charge in [-0.1, -0.05) is 0 Å². The molecule has 1 aliphatic rings. The third kappa shape index (κ3) is 6.92. The Hall–Kier alpha value is -1.20. The third-order valence-electron chi connectivity index (χ3n) is 5.16. The molecule has 0 radical (unpaired) electrons. The molecule has 0 bridgehead atoms. The first-order valence-corrected chi connectivity index (χ1v) is 11.2. The number of hydrogen-bond donors (Lipinski definition) is 2. The number of hydrogen-bond acceptors (Lipinski definition) is 5. The number of aliphatic hydroxyl groups excluding tert-OH is 1. The van der Waals surface area contributed by atoms with Gasteiger partial charge in [-0.15, -0.1) is 0 Å². The number of benzene rings is 1. The SMILES string of the molecule is CN(C1CCC(OCCCNCCO)CC1)S(=O)(=O)c1ccc(C(F)(F)F)cc1. The summed E-state index contributed by atoms with van der Waals surface area (Å²) in [7, 11) is -2.37. The molecule has 6 nitrogen and oxygen atoms in total. The fourth-order valence-electron chi connectivity index (χ4n) is 3.41. The molecule has 1 aromatic rings. The van der Waals surface area contributed by atoms with Crippen molar-refractivity contribution in [2.75, 3.05) is 33.4 Å². The molecule has 0 saturated heterocycles. The normalized spacial score (nSPS) is 20.9. The molecule has 0 spiro atoms. The molecule has 0 aliphatic heterocycles. The quantitative estimate of drug-likeness (QED) is 0.549. The van der Waals surface area contributed by atoms with Gasteiger partial charge in [-0.2, -0.15) is 17.5 Å². The Morgan fingerprint density at radius 1 is 1.14 bits per heavy atom. The predicted octanol–water partition coefficient (Wildman–Crippen LogP) is 2.63. The van der Waals surface area contributed by atoms with Crippen molar-refractivity contribution in [1.29, 1.82) is 0 Å². The highest BCUT2D eigenvalue weighted by Crippen LogP contribution is 2.31. The molecule has 166 valence electrons. The lowest BCUT2D eigenvalue weighted by Crippen LogP contribution is -2.40. The molecule has 29 heavy (non-hydrogen) atoms. The lowest BCUT2D eigenvalue weighted by Gasteiger charge is -2.34. The van der Waals surface area contributed by atoms with Crippen LogP contribution in [0.3, 0.4) is 0 Å². The van der Waals surface area contributed by atoms with E-state index in [0.29, 0.717) is 26.0 Å². The second kappa shape index (κ2) is 10.7. The summed E-state index contributed by atoms with van der Waals surface area (Å²) in [5.41, 5.74) is -0.872. The van der Waals surface area contributed by atoms with E-state index in [1.165, 1.54) is 11.4 Å². The zero-order valence-corrected chi connectivity index (χ0v) is 17.3. The Balaban J connectivity index is 1.84. The number of nitrogens with zero attached hydrogens (tertiary/aromatic N) is 1. The maximum Gasteiger partial charge on any atom is 0.416 e. The van der Waals surface area contributed by atoms with Crippen molar-refractivity contribution in [1.82, 2.24) is 9.62 Å². The largest absolute Gasteiger partial charge is 0.416 e. The van der Waals surface area contributed by atoms with Crippen molar-refractivity contribution in [3.8, 4) is 0 Å². The first-order valence-electron chi connectivity index (χ1n) is 9.74. The molecular weight excluding hydrogens is 409 g/mol.